The molecule has 1 aromatic carbocycles. The van der Waals surface area contributed by atoms with Gasteiger partial charge in [0.25, 0.3) is 5.91 Å². The molecule has 23 heavy (non-hydrogen) atoms. The number of fused-ring (bicyclic) bond motifs is 2. The first-order valence-electron chi connectivity index (χ1n) is 7.17. The topological polar surface area (TPSA) is 72.4 Å². The molecule has 3 heterocycles. The molecule has 6 nitrogen and oxygen atoms in total. The van der Waals surface area contributed by atoms with Crippen molar-refractivity contribution >= 4 is 33.3 Å². The summed E-state index contributed by atoms with van der Waals surface area (Å²) in [6, 6.07) is 5.68. The van der Waals surface area contributed by atoms with Crippen LogP contribution in [0.1, 0.15) is 26.6 Å². The van der Waals surface area contributed by atoms with E-state index in [0.29, 0.717) is 12.2 Å². The lowest BCUT2D eigenvalue weighted by Crippen LogP contribution is -2.24. The van der Waals surface area contributed by atoms with Crippen molar-refractivity contribution in [2.45, 2.75) is 20.4 Å². The van der Waals surface area contributed by atoms with Gasteiger partial charge in [0, 0.05) is 17.6 Å². The van der Waals surface area contributed by atoms with E-state index in [1.54, 1.807) is 11.3 Å². The summed E-state index contributed by atoms with van der Waals surface area (Å²) in [6.45, 7) is 4.28. The summed E-state index contributed by atoms with van der Waals surface area (Å²) in [5.74, 6) is -0.131. The zero-order chi connectivity index (χ0) is 16.0. The van der Waals surface area contributed by atoms with E-state index in [1.165, 1.54) is 6.39 Å². The Morgan fingerprint density at radius 3 is 3.13 bits per heavy atom. The highest BCUT2D eigenvalue weighted by Gasteiger charge is 2.17. The quantitative estimate of drug-likeness (QED) is 0.628. The number of hydrogen-bond acceptors (Lipinski definition) is 5. The van der Waals surface area contributed by atoms with Gasteiger partial charge in [-0.1, -0.05) is 6.07 Å². The molecule has 1 N–H and O–H groups in total. The monoisotopic (exact) mass is 326 g/mol. The van der Waals surface area contributed by atoms with E-state index in [-0.39, 0.29) is 5.91 Å². The van der Waals surface area contributed by atoms with Crippen molar-refractivity contribution in [2.24, 2.45) is 0 Å². The van der Waals surface area contributed by atoms with E-state index in [9.17, 15) is 4.79 Å². The summed E-state index contributed by atoms with van der Waals surface area (Å²) < 4.78 is 7.07. The van der Waals surface area contributed by atoms with Crippen molar-refractivity contribution in [3.8, 4) is 0 Å². The van der Waals surface area contributed by atoms with Gasteiger partial charge in [-0.2, -0.15) is 0 Å². The van der Waals surface area contributed by atoms with Crippen LogP contribution in [0.25, 0.3) is 16.1 Å². The lowest BCUT2D eigenvalue weighted by Gasteiger charge is -2.05. The number of aromatic nitrogens is 3. The summed E-state index contributed by atoms with van der Waals surface area (Å²) in [4.78, 5) is 23.1. The molecule has 0 unspecified atom stereocenters. The minimum Gasteiger partial charge on any atom is -0.443 e. The van der Waals surface area contributed by atoms with Crippen LogP contribution in [0.2, 0.25) is 0 Å². The Bertz CT molecular complexity index is 1030. The van der Waals surface area contributed by atoms with Gasteiger partial charge in [0.05, 0.1) is 5.69 Å². The van der Waals surface area contributed by atoms with Crippen LogP contribution in [-0.4, -0.2) is 20.3 Å². The average molecular weight is 326 g/mol. The van der Waals surface area contributed by atoms with Crippen molar-refractivity contribution < 1.29 is 9.21 Å². The molecule has 4 aromatic rings. The lowest BCUT2D eigenvalue weighted by molar-refractivity contribution is 0.0944. The van der Waals surface area contributed by atoms with Crippen LogP contribution >= 0.6 is 11.3 Å². The lowest BCUT2D eigenvalue weighted by atomic mass is 10.2. The number of nitrogens with one attached hydrogen (secondary N) is 1. The normalized spacial score (nSPS) is 11.4. The maximum absolute atomic E-state index is 12.5. The van der Waals surface area contributed by atoms with Gasteiger partial charge >= 0.3 is 0 Å². The number of oxazole rings is 1. The van der Waals surface area contributed by atoms with Crippen LogP contribution in [0.15, 0.2) is 35.2 Å². The van der Waals surface area contributed by atoms with Crippen LogP contribution < -0.4 is 5.32 Å². The van der Waals surface area contributed by atoms with Crippen molar-refractivity contribution in [3.05, 3.63) is 52.6 Å². The second-order valence-corrected chi connectivity index (χ2v) is 6.59. The Balaban J connectivity index is 1.57. The number of hydrogen-bond donors (Lipinski definition) is 1. The van der Waals surface area contributed by atoms with Crippen molar-refractivity contribution in [1.82, 2.24) is 19.7 Å². The maximum atomic E-state index is 12.5. The predicted octanol–water partition coefficient (Wildman–Crippen LogP) is 3.08. The van der Waals surface area contributed by atoms with Crippen molar-refractivity contribution in [2.75, 3.05) is 0 Å². The fraction of sp³-hybridized carbons (Fsp3) is 0.188. The van der Waals surface area contributed by atoms with E-state index in [2.05, 4.69) is 15.3 Å². The Hall–Kier alpha value is -2.67. The predicted molar refractivity (Wildman–Crippen MR) is 87.7 cm³/mol. The molecule has 0 radical (unpaired) electrons. The number of benzene rings is 1. The smallest absolute Gasteiger partial charge is 0.270 e. The number of carbonyl (C=O) groups is 1. The first-order chi connectivity index (χ1) is 11.1. The number of imidazole rings is 1. The number of nitrogens with zero attached hydrogens (tertiary/aromatic N) is 3. The Kier molecular flexibility index (Phi) is 3.16. The van der Waals surface area contributed by atoms with Gasteiger partial charge in [-0.25, -0.2) is 9.97 Å². The molecule has 0 aliphatic carbocycles. The molecule has 1 amide bonds. The van der Waals surface area contributed by atoms with E-state index in [0.717, 1.165) is 32.2 Å². The molecule has 0 saturated heterocycles. The Labute approximate surface area is 135 Å². The number of amides is 1. The molecule has 116 valence electrons. The van der Waals surface area contributed by atoms with Gasteiger partial charge in [-0.05, 0) is 31.5 Å². The van der Waals surface area contributed by atoms with Gasteiger partial charge in [0.2, 0.25) is 0 Å². The molecule has 0 saturated carbocycles. The molecular formula is C16H14N4O2S. The molecule has 4 rings (SSSR count). The van der Waals surface area contributed by atoms with Crippen LogP contribution in [0.5, 0.6) is 0 Å². The van der Waals surface area contributed by atoms with Crippen molar-refractivity contribution in [1.29, 1.82) is 0 Å². The highest BCUT2D eigenvalue weighted by molar-refractivity contribution is 7.17. The van der Waals surface area contributed by atoms with Gasteiger partial charge in [-0.15, -0.1) is 11.3 Å². The second-order valence-electron chi connectivity index (χ2n) is 5.38. The maximum Gasteiger partial charge on any atom is 0.270 e. The molecule has 0 aliphatic heterocycles. The van der Waals surface area contributed by atoms with E-state index >= 15 is 0 Å². The number of carbonyl (C=O) groups excluding carboxylic acids is 1. The minimum absolute atomic E-state index is 0.131. The van der Waals surface area contributed by atoms with Gasteiger partial charge < -0.3 is 9.73 Å². The number of thiazole rings is 1. The zero-order valence-corrected chi connectivity index (χ0v) is 13.5. The molecule has 3 aromatic heterocycles. The summed E-state index contributed by atoms with van der Waals surface area (Å²) >= 11 is 1.57. The average Bonchev–Trinajstić information content (AvgIpc) is 3.17. The van der Waals surface area contributed by atoms with Crippen LogP contribution in [0.3, 0.4) is 0 Å². The number of rotatable bonds is 3. The Morgan fingerprint density at radius 1 is 1.39 bits per heavy atom. The summed E-state index contributed by atoms with van der Waals surface area (Å²) in [6.07, 6.45) is 3.36. The van der Waals surface area contributed by atoms with Gasteiger partial charge in [-0.3, -0.25) is 9.20 Å². The first kappa shape index (κ1) is 14.0. The molecule has 7 heteroatoms. The largest absolute Gasteiger partial charge is 0.443 e. The van der Waals surface area contributed by atoms with Gasteiger partial charge in [0.15, 0.2) is 16.9 Å². The molecule has 0 spiro atoms. The van der Waals surface area contributed by atoms with Crippen LogP contribution in [0.4, 0.5) is 0 Å². The standard InChI is InChI=1S/C16H14N4O2S/c1-9-7-20-14(10(2)19-16(20)23-9)15(21)17-6-11-3-4-13-12(5-11)18-8-22-13/h3-5,7-8H,6H2,1-2H3,(H,17,21). The molecule has 0 aliphatic rings. The fourth-order valence-electron chi connectivity index (χ4n) is 2.62. The third kappa shape index (κ3) is 2.39. The third-order valence-electron chi connectivity index (χ3n) is 3.68. The summed E-state index contributed by atoms with van der Waals surface area (Å²) in [7, 11) is 0. The van der Waals surface area contributed by atoms with Crippen LogP contribution in [0, 0.1) is 13.8 Å². The number of aryl methyl sites for hydroxylation is 2. The molecular weight excluding hydrogens is 312 g/mol. The molecule has 0 atom stereocenters. The second kappa shape index (κ2) is 5.20. The first-order valence-corrected chi connectivity index (χ1v) is 7.99. The van der Waals surface area contributed by atoms with E-state index < -0.39 is 0 Å². The highest BCUT2D eigenvalue weighted by atomic mass is 32.1. The summed E-state index contributed by atoms with van der Waals surface area (Å²) in [5, 5.41) is 2.95. The van der Waals surface area contributed by atoms with Crippen molar-refractivity contribution in [3.63, 3.8) is 0 Å². The Morgan fingerprint density at radius 2 is 2.26 bits per heavy atom. The van der Waals surface area contributed by atoms with E-state index in [4.69, 9.17) is 4.42 Å². The third-order valence-corrected chi connectivity index (χ3v) is 4.58. The van der Waals surface area contributed by atoms with Gasteiger partial charge in [0.1, 0.15) is 11.2 Å². The highest BCUT2D eigenvalue weighted by Crippen LogP contribution is 2.21. The SMILES string of the molecule is Cc1cn2c(C(=O)NCc3ccc4ocnc4c3)c(C)nc2s1. The summed E-state index contributed by atoms with van der Waals surface area (Å²) in [5.41, 5.74) is 3.82. The fourth-order valence-corrected chi connectivity index (χ4v) is 3.49. The minimum atomic E-state index is -0.131. The molecule has 0 fully saturated rings. The molecule has 0 bridgehead atoms. The zero-order valence-electron chi connectivity index (χ0n) is 12.7. The van der Waals surface area contributed by atoms with Crippen LogP contribution in [-0.2, 0) is 6.54 Å². The van der Waals surface area contributed by atoms with E-state index in [1.807, 2.05) is 42.6 Å².